The Hall–Kier alpha value is -1.42. The number of hydrogen-bond acceptors (Lipinski definition) is 3. The molecule has 1 aliphatic carbocycles. The maximum atomic E-state index is 11.5. The summed E-state index contributed by atoms with van der Waals surface area (Å²) in [6.07, 6.45) is 2.48. The van der Waals surface area contributed by atoms with Crippen LogP contribution in [0.25, 0.3) is 0 Å². The van der Waals surface area contributed by atoms with Crippen molar-refractivity contribution < 1.29 is 9.53 Å². The van der Waals surface area contributed by atoms with Gasteiger partial charge < -0.3 is 15.4 Å². The predicted octanol–water partition coefficient (Wildman–Crippen LogP) is 2.29. The average molecular weight is 269 g/mol. The first-order valence-corrected chi connectivity index (χ1v) is 6.41. The summed E-state index contributed by atoms with van der Waals surface area (Å²) in [4.78, 5) is 11.5. The number of rotatable bonds is 6. The molecule has 0 radical (unpaired) electrons. The highest BCUT2D eigenvalue weighted by Crippen LogP contribution is 2.28. The molecular weight excluding hydrogens is 252 g/mol. The van der Waals surface area contributed by atoms with Gasteiger partial charge in [0.2, 0.25) is 5.91 Å². The van der Waals surface area contributed by atoms with Gasteiger partial charge in [-0.3, -0.25) is 4.79 Å². The van der Waals surface area contributed by atoms with E-state index in [1.165, 1.54) is 12.8 Å². The van der Waals surface area contributed by atoms with E-state index in [4.69, 9.17) is 16.3 Å². The summed E-state index contributed by atoms with van der Waals surface area (Å²) in [6.45, 7) is 1.06. The fraction of sp³-hybridized carbons (Fsp3) is 0.462. The number of anilines is 1. The van der Waals surface area contributed by atoms with E-state index >= 15 is 0 Å². The first kappa shape index (κ1) is 13.0. The minimum absolute atomic E-state index is 0.0100. The van der Waals surface area contributed by atoms with E-state index in [9.17, 15) is 4.79 Å². The van der Waals surface area contributed by atoms with Crippen LogP contribution in [0.1, 0.15) is 12.8 Å². The topological polar surface area (TPSA) is 50.4 Å². The van der Waals surface area contributed by atoms with Crippen molar-refractivity contribution in [2.45, 2.75) is 12.8 Å². The van der Waals surface area contributed by atoms with Crippen LogP contribution in [0, 0.1) is 5.92 Å². The van der Waals surface area contributed by atoms with Crippen LogP contribution in [-0.2, 0) is 4.79 Å². The maximum absolute atomic E-state index is 11.5. The fourth-order valence-corrected chi connectivity index (χ4v) is 1.79. The summed E-state index contributed by atoms with van der Waals surface area (Å²) in [5, 5.41) is 6.49. The Morgan fingerprint density at radius 2 is 2.28 bits per heavy atom. The van der Waals surface area contributed by atoms with Crippen LogP contribution in [0.3, 0.4) is 0 Å². The second kappa shape index (κ2) is 5.96. The Bertz CT molecular complexity index is 433. The van der Waals surface area contributed by atoms with E-state index in [2.05, 4.69) is 10.6 Å². The van der Waals surface area contributed by atoms with Gasteiger partial charge in [-0.2, -0.15) is 0 Å². The Morgan fingerprint density at radius 1 is 1.50 bits per heavy atom. The van der Waals surface area contributed by atoms with Gasteiger partial charge in [-0.05, 0) is 30.9 Å². The number of benzene rings is 1. The third-order valence-electron chi connectivity index (χ3n) is 2.89. The van der Waals surface area contributed by atoms with Crippen LogP contribution in [0.2, 0.25) is 5.02 Å². The van der Waals surface area contributed by atoms with Gasteiger partial charge in [0, 0.05) is 18.3 Å². The van der Waals surface area contributed by atoms with Crippen molar-refractivity contribution in [2.75, 3.05) is 25.5 Å². The molecule has 1 aliphatic rings. The van der Waals surface area contributed by atoms with E-state index in [1.807, 2.05) is 6.07 Å². The molecule has 98 valence electrons. The first-order valence-electron chi connectivity index (χ1n) is 6.03. The third kappa shape index (κ3) is 3.81. The van der Waals surface area contributed by atoms with Gasteiger partial charge in [0.1, 0.15) is 5.75 Å². The van der Waals surface area contributed by atoms with Gasteiger partial charge in [0.15, 0.2) is 0 Å². The van der Waals surface area contributed by atoms with Gasteiger partial charge in [-0.15, -0.1) is 0 Å². The Kier molecular flexibility index (Phi) is 4.31. The molecule has 1 saturated carbocycles. The second-order valence-electron chi connectivity index (χ2n) is 4.45. The molecule has 0 saturated heterocycles. The molecule has 0 aromatic heterocycles. The molecule has 1 aromatic rings. The largest absolute Gasteiger partial charge is 0.495 e. The summed E-state index contributed by atoms with van der Waals surface area (Å²) in [5.74, 6) is 1.31. The van der Waals surface area contributed by atoms with Gasteiger partial charge in [0.05, 0.1) is 18.7 Å². The van der Waals surface area contributed by atoms with Gasteiger partial charge in [-0.1, -0.05) is 11.6 Å². The summed E-state index contributed by atoms with van der Waals surface area (Å²) < 4.78 is 5.11. The van der Waals surface area contributed by atoms with E-state index in [0.29, 0.717) is 16.7 Å². The zero-order valence-electron chi connectivity index (χ0n) is 10.3. The normalized spacial score (nSPS) is 14.1. The van der Waals surface area contributed by atoms with Crippen molar-refractivity contribution in [3.05, 3.63) is 23.2 Å². The van der Waals surface area contributed by atoms with Crippen LogP contribution < -0.4 is 15.4 Å². The molecule has 0 spiro atoms. The lowest BCUT2D eigenvalue weighted by molar-refractivity contribution is -0.119. The van der Waals surface area contributed by atoms with Crippen LogP contribution >= 0.6 is 11.6 Å². The number of nitrogens with one attached hydrogen (secondary N) is 2. The number of carbonyl (C=O) groups excluding carboxylic acids is 1. The summed E-state index contributed by atoms with van der Waals surface area (Å²) in [5.41, 5.74) is 0.817. The van der Waals surface area contributed by atoms with E-state index in [0.717, 1.165) is 12.2 Å². The van der Waals surface area contributed by atoms with E-state index < -0.39 is 0 Å². The number of amides is 1. The Morgan fingerprint density at radius 3 is 2.94 bits per heavy atom. The third-order valence-corrected chi connectivity index (χ3v) is 3.20. The predicted molar refractivity (Wildman–Crippen MR) is 72.2 cm³/mol. The van der Waals surface area contributed by atoms with E-state index in [-0.39, 0.29) is 12.5 Å². The number of ether oxygens (including phenoxy) is 1. The highest BCUT2D eigenvalue weighted by Gasteiger charge is 2.21. The standard InChI is InChI=1S/C13H17ClN2O2/c1-18-12-6-10(4-5-11(12)14)15-8-13(17)16-7-9-2-3-9/h4-6,9,15H,2-3,7-8H2,1H3,(H,16,17). The smallest absolute Gasteiger partial charge is 0.239 e. The van der Waals surface area contributed by atoms with Crippen LogP contribution in [-0.4, -0.2) is 26.1 Å². The lowest BCUT2D eigenvalue weighted by atomic mass is 10.3. The summed E-state index contributed by atoms with van der Waals surface area (Å²) in [7, 11) is 1.56. The quantitative estimate of drug-likeness (QED) is 0.832. The lowest BCUT2D eigenvalue weighted by Crippen LogP contribution is -2.31. The SMILES string of the molecule is COc1cc(NCC(=O)NCC2CC2)ccc1Cl. The van der Waals surface area contributed by atoms with E-state index in [1.54, 1.807) is 19.2 Å². The highest BCUT2D eigenvalue weighted by atomic mass is 35.5. The second-order valence-corrected chi connectivity index (χ2v) is 4.86. The number of methoxy groups -OCH3 is 1. The monoisotopic (exact) mass is 268 g/mol. The number of carbonyl (C=O) groups is 1. The Labute approximate surface area is 112 Å². The minimum atomic E-state index is 0.0100. The first-order chi connectivity index (χ1) is 8.69. The lowest BCUT2D eigenvalue weighted by Gasteiger charge is -2.09. The zero-order valence-corrected chi connectivity index (χ0v) is 11.1. The van der Waals surface area contributed by atoms with Crippen molar-refractivity contribution >= 4 is 23.2 Å². The molecule has 0 bridgehead atoms. The molecule has 1 amide bonds. The van der Waals surface area contributed by atoms with Crippen molar-refractivity contribution in [3.8, 4) is 5.75 Å². The zero-order chi connectivity index (χ0) is 13.0. The van der Waals surface area contributed by atoms with Crippen LogP contribution in [0.5, 0.6) is 5.75 Å². The minimum Gasteiger partial charge on any atom is -0.495 e. The molecule has 0 aliphatic heterocycles. The van der Waals surface area contributed by atoms with Crippen molar-refractivity contribution in [3.63, 3.8) is 0 Å². The average Bonchev–Trinajstić information content (AvgIpc) is 3.19. The molecule has 2 rings (SSSR count). The number of hydrogen-bond donors (Lipinski definition) is 2. The van der Waals surface area contributed by atoms with Gasteiger partial charge >= 0.3 is 0 Å². The van der Waals surface area contributed by atoms with Gasteiger partial charge in [-0.25, -0.2) is 0 Å². The molecule has 5 heteroatoms. The van der Waals surface area contributed by atoms with Crippen molar-refractivity contribution in [2.24, 2.45) is 5.92 Å². The molecule has 0 heterocycles. The van der Waals surface area contributed by atoms with Crippen LogP contribution in [0.15, 0.2) is 18.2 Å². The molecule has 1 fully saturated rings. The maximum Gasteiger partial charge on any atom is 0.239 e. The van der Waals surface area contributed by atoms with Crippen LogP contribution in [0.4, 0.5) is 5.69 Å². The fourth-order valence-electron chi connectivity index (χ4n) is 1.59. The summed E-state index contributed by atoms with van der Waals surface area (Å²) >= 11 is 5.92. The molecular formula is C13H17ClN2O2. The molecule has 0 unspecified atom stereocenters. The molecule has 2 N–H and O–H groups in total. The summed E-state index contributed by atoms with van der Waals surface area (Å²) in [6, 6.07) is 5.33. The molecule has 0 atom stereocenters. The van der Waals surface area contributed by atoms with Crippen molar-refractivity contribution in [1.82, 2.24) is 5.32 Å². The highest BCUT2D eigenvalue weighted by molar-refractivity contribution is 6.32. The number of halogens is 1. The van der Waals surface area contributed by atoms with Gasteiger partial charge in [0.25, 0.3) is 0 Å². The molecule has 18 heavy (non-hydrogen) atoms. The van der Waals surface area contributed by atoms with Crippen molar-refractivity contribution in [1.29, 1.82) is 0 Å². The molecule has 1 aromatic carbocycles. The molecule has 4 nitrogen and oxygen atoms in total. The Balaban J connectivity index is 1.79.